The Bertz CT molecular complexity index is 1210. The van der Waals surface area contributed by atoms with Crippen molar-refractivity contribution < 1.29 is 27.4 Å². The fraction of sp³-hybridized carbons (Fsp3) is 0.375. The van der Waals surface area contributed by atoms with Crippen molar-refractivity contribution in [3.8, 4) is 11.8 Å². The molecule has 2 heterocycles. The van der Waals surface area contributed by atoms with E-state index in [2.05, 4.69) is 0 Å². The summed E-state index contributed by atoms with van der Waals surface area (Å²) in [5.41, 5.74) is -1.23. The van der Waals surface area contributed by atoms with Crippen LogP contribution in [0.15, 0.2) is 36.4 Å². The lowest BCUT2D eigenvalue weighted by molar-refractivity contribution is -0.137. The van der Waals surface area contributed by atoms with Crippen LogP contribution >= 0.6 is 12.2 Å². The van der Waals surface area contributed by atoms with Gasteiger partial charge < -0.3 is 14.4 Å². The molecule has 2 aliphatic heterocycles. The van der Waals surface area contributed by atoms with E-state index in [0.29, 0.717) is 12.3 Å². The number of thiocarbonyl (C=S) groups is 1. The fourth-order valence-electron chi connectivity index (χ4n) is 4.33. The first-order chi connectivity index (χ1) is 16.0. The molecule has 0 unspecified atom stereocenters. The van der Waals surface area contributed by atoms with Crippen LogP contribution in [-0.4, -0.2) is 36.4 Å². The Morgan fingerprint density at radius 1 is 1.24 bits per heavy atom. The van der Waals surface area contributed by atoms with E-state index in [0.717, 1.165) is 41.2 Å². The van der Waals surface area contributed by atoms with Gasteiger partial charge >= 0.3 is 6.18 Å². The van der Waals surface area contributed by atoms with Gasteiger partial charge in [0.2, 0.25) is 0 Å². The van der Waals surface area contributed by atoms with E-state index in [1.54, 1.807) is 38.0 Å². The van der Waals surface area contributed by atoms with Gasteiger partial charge in [0.05, 0.1) is 29.5 Å². The number of ether oxygens (including phenoxy) is 2. The first-order valence-corrected chi connectivity index (χ1v) is 11.0. The molecule has 2 aromatic rings. The van der Waals surface area contributed by atoms with E-state index in [1.165, 1.54) is 6.07 Å². The molecule has 2 aromatic carbocycles. The first kappa shape index (κ1) is 24.0. The second-order valence-corrected chi connectivity index (χ2v) is 9.05. The molecular weight excluding hydrogens is 467 g/mol. The van der Waals surface area contributed by atoms with Gasteiger partial charge in [0.25, 0.3) is 5.91 Å². The normalized spacial score (nSPS) is 19.6. The third-order valence-corrected chi connectivity index (χ3v) is 6.40. The molecule has 1 amide bonds. The van der Waals surface area contributed by atoms with Crippen LogP contribution in [0.3, 0.4) is 0 Å². The van der Waals surface area contributed by atoms with E-state index in [4.69, 9.17) is 27.0 Å². The summed E-state index contributed by atoms with van der Waals surface area (Å²) in [6.07, 6.45) is -3.27. The summed E-state index contributed by atoms with van der Waals surface area (Å²) in [6.45, 7) is 3.82. The van der Waals surface area contributed by atoms with Crippen LogP contribution in [0.1, 0.15) is 37.0 Å². The molecular formula is C24H22F3N3O3S. The van der Waals surface area contributed by atoms with Gasteiger partial charge in [-0.2, -0.15) is 18.4 Å². The lowest BCUT2D eigenvalue weighted by Crippen LogP contribution is -2.44. The monoisotopic (exact) mass is 489 g/mol. The number of nitrogens with zero attached hydrogens (tertiary/aromatic N) is 3. The minimum atomic E-state index is -4.75. The summed E-state index contributed by atoms with van der Waals surface area (Å²) in [5, 5.41) is 9.13. The lowest BCUT2D eigenvalue weighted by atomic mass is 9.99. The molecule has 0 aromatic heterocycles. The number of aryl methyl sites for hydroxylation is 1. The first-order valence-electron chi connectivity index (χ1n) is 10.6. The van der Waals surface area contributed by atoms with Crippen LogP contribution in [0.5, 0.6) is 5.75 Å². The predicted octanol–water partition coefficient (Wildman–Crippen LogP) is 4.83. The zero-order valence-corrected chi connectivity index (χ0v) is 19.6. The highest BCUT2D eigenvalue weighted by Gasteiger charge is 2.51. The van der Waals surface area contributed by atoms with Gasteiger partial charge in [0, 0.05) is 12.8 Å². The molecule has 178 valence electrons. The molecule has 1 saturated heterocycles. The summed E-state index contributed by atoms with van der Waals surface area (Å²) in [6, 6.07) is 10.2. The van der Waals surface area contributed by atoms with E-state index in [9.17, 15) is 18.0 Å². The number of alkyl halides is 3. The minimum absolute atomic E-state index is 0.0380. The summed E-state index contributed by atoms with van der Waals surface area (Å²) in [5.74, 6) is 0.259. The molecule has 0 radical (unpaired) electrons. The van der Waals surface area contributed by atoms with Gasteiger partial charge in [-0.05, 0) is 80.9 Å². The molecule has 0 aliphatic carbocycles. The molecule has 34 heavy (non-hydrogen) atoms. The van der Waals surface area contributed by atoms with E-state index >= 15 is 0 Å². The van der Waals surface area contributed by atoms with E-state index < -0.39 is 28.7 Å². The van der Waals surface area contributed by atoms with Gasteiger partial charge in [0.15, 0.2) is 5.11 Å². The number of fused-ring (bicyclic) bond motifs is 1. The number of rotatable bonds is 4. The molecule has 2 aliphatic rings. The average molecular weight is 490 g/mol. The van der Waals surface area contributed by atoms with Crippen LogP contribution in [0.25, 0.3) is 0 Å². The third kappa shape index (κ3) is 3.99. The Kier molecular flexibility index (Phi) is 6.04. The highest BCUT2D eigenvalue weighted by atomic mass is 32.1. The second-order valence-electron chi connectivity index (χ2n) is 8.68. The van der Waals surface area contributed by atoms with Gasteiger partial charge in [-0.25, -0.2) is 0 Å². The summed E-state index contributed by atoms with van der Waals surface area (Å²) >= 11 is 5.59. The molecule has 0 spiro atoms. The number of benzene rings is 2. The van der Waals surface area contributed by atoms with Crippen LogP contribution in [0.4, 0.5) is 24.5 Å². The molecule has 1 fully saturated rings. The molecule has 4 rings (SSSR count). The summed E-state index contributed by atoms with van der Waals surface area (Å²) < 4.78 is 51.7. The van der Waals surface area contributed by atoms with Crippen LogP contribution in [0.2, 0.25) is 0 Å². The largest absolute Gasteiger partial charge is 0.488 e. The van der Waals surface area contributed by atoms with Crippen molar-refractivity contribution in [2.24, 2.45) is 0 Å². The summed E-state index contributed by atoms with van der Waals surface area (Å²) in [4.78, 5) is 16.1. The Morgan fingerprint density at radius 2 is 1.94 bits per heavy atom. The minimum Gasteiger partial charge on any atom is -0.488 e. The van der Waals surface area contributed by atoms with Crippen molar-refractivity contribution in [1.82, 2.24) is 0 Å². The number of hydrogen-bond donors (Lipinski definition) is 0. The van der Waals surface area contributed by atoms with E-state index in [-0.39, 0.29) is 16.9 Å². The Morgan fingerprint density at radius 3 is 2.59 bits per heavy atom. The number of carbonyl (C=O) groups is 1. The molecule has 0 saturated carbocycles. The number of anilines is 2. The number of halogens is 3. The maximum Gasteiger partial charge on any atom is 0.417 e. The van der Waals surface area contributed by atoms with Crippen molar-refractivity contribution in [2.45, 2.75) is 44.5 Å². The number of amides is 1. The number of carbonyl (C=O) groups excluding carboxylic acids is 1. The molecule has 1 atom stereocenters. The number of methoxy groups -OCH3 is 1. The number of hydrogen-bond acceptors (Lipinski definition) is 5. The SMILES string of the molecule is COC[C@H]1CCc2cc(N3C(=S)N(c4ccc(C#N)c(C(F)(F)F)c4)C(=O)C3(C)C)ccc2O1. The standard InChI is InChI=1S/C24H22F3N3O3S/c1-23(2)21(31)29(16-6-4-15(12-28)19(11-16)24(25,26)27)22(34)30(23)17-7-9-20-14(10-17)5-8-18(33-20)13-32-3/h4,6-7,9-11,18H,5,8,13H2,1-3H3/t18-/m1/s1. The maximum absolute atomic E-state index is 13.5. The third-order valence-electron chi connectivity index (χ3n) is 6.04. The highest BCUT2D eigenvalue weighted by Crippen LogP contribution is 2.41. The predicted molar refractivity (Wildman–Crippen MR) is 124 cm³/mol. The van der Waals surface area contributed by atoms with Crippen molar-refractivity contribution in [1.29, 1.82) is 5.26 Å². The van der Waals surface area contributed by atoms with E-state index in [1.807, 2.05) is 12.1 Å². The highest BCUT2D eigenvalue weighted by molar-refractivity contribution is 7.81. The Balaban J connectivity index is 1.71. The zero-order valence-electron chi connectivity index (χ0n) is 18.8. The number of nitriles is 1. The quantitative estimate of drug-likeness (QED) is 0.573. The average Bonchev–Trinajstić information content (AvgIpc) is 2.96. The van der Waals surface area contributed by atoms with Gasteiger partial charge in [-0.15, -0.1) is 0 Å². The van der Waals surface area contributed by atoms with Gasteiger partial charge in [-0.3, -0.25) is 9.69 Å². The van der Waals surface area contributed by atoms with Crippen molar-refractivity contribution in [2.75, 3.05) is 23.5 Å². The lowest BCUT2D eigenvalue weighted by Gasteiger charge is -2.31. The smallest absolute Gasteiger partial charge is 0.417 e. The van der Waals surface area contributed by atoms with Crippen LogP contribution in [-0.2, 0) is 22.1 Å². The summed E-state index contributed by atoms with van der Waals surface area (Å²) in [7, 11) is 1.62. The molecule has 6 nitrogen and oxygen atoms in total. The van der Waals surface area contributed by atoms with Crippen molar-refractivity contribution in [3.05, 3.63) is 53.1 Å². The van der Waals surface area contributed by atoms with Gasteiger partial charge in [0.1, 0.15) is 17.4 Å². The van der Waals surface area contributed by atoms with Crippen LogP contribution < -0.4 is 14.5 Å². The second kappa shape index (κ2) is 8.56. The van der Waals surface area contributed by atoms with Crippen molar-refractivity contribution in [3.63, 3.8) is 0 Å². The molecule has 0 N–H and O–H groups in total. The fourth-order valence-corrected chi connectivity index (χ4v) is 4.85. The Labute approximate surface area is 200 Å². The van der Waals surface area contributed by atoms with Gasteiger partial charge in [-0.1, -0.05) is 0 Å². The zero-order chi connectivity index (χ0) is 24.8. The molecule has 0 bridgehead atoms. The van der Waals surface area contributed by atoms with Crippen LogP contribution in [0, 0.1) is 11.3 Å². The van der Waals surface area contributed by atoms with Crippen molar-refractivity contribution >= 4 is 34.6 Å². The molecule has 10 heteroatoms. The maximum atomic E-state index is 13.5. The topological polar surface area (TPSA) is 65.8 Å². The Hall–Kier alpha value is -3.16.